The van der Waals surface area contributed by atoms with Crippen LogP contribution >= 0.6 is 0 Å². The van der Waals surface area contributed by atoms with Gasteiger partial charge < -0.3 is 10.4 Å². The molecule has 0 unspecified atom stereocenters. The average molecular weight is 285 g/mol. The highest BCUT2D eigenvalue weighted by Crippen LogP contribution is 2.19. The van der Waals surface area contributed by atoms with Gasteiger partial charge in [0.2, 0.25) is 5.91 Å². The van der Waals surface area contributed by atoms with Gasteiger partial charge in [-0.1, -0.05) is 12.1 Å². The number of hydrogen-bond donors (Lipinski definition) is 2. The number of benzene rings is 1. The molecule has 0 atom stereocenters. The third kappa shape index (κ3) is 4.70. The molecule has 0 saturated heterocycles. The Hall–Kier alpha value is -1.89. The van der Waals surface area contributed by atoms with Gasteiger partial charge in [-0.25, -0.2) is 13.2 Å². The minimum absolute atomic E-state index is 0.00945. The third-order valence-corrected chi connectivity index (χ3v) is 3.41. The van der Waals surface area contributed by atoms with Gasteiger partial charge in [-0.05, 0) is 18.6 Å². The molecule has 0 aromatic heterocycles. The van der Waals surface area contributed by atoms with E-state index in [9.17, 15) is 18.0 Å². The first-order valence-corrected chi connectivity index (χ1v) is 7.57. The second kappa shape index (κ2) is 5.83. The lowest BCUT2D eigenvalue weighted by atomic mass is 10.1. The molecule has 2 N–H and O–H groups in total. The zero-order chi connectivity index (χ0) is 14.6. The van der Waals surface area contributed by atoms with Crippen LogP contribution in [0.5, 0.6) is 0 Å². The fourth-order valence-corrected chi connectivity index (χ4v) is 2.10. The van der Waals surface area contributed by atoms with Crippen LogP contribution in [-0.2, 0) is 14.6 Å². The van der Waals surface area contributed by atoms with Crippen molar-refractivity contribution in [3.05, 3.63) is 29.3 Å². The van der Waals surface area contributed by atoms with Gasteiger partial charge in [-0.2, -0.15) is 0 Å². The summed E-state index contributed by atoms with van der Waals surface area (Å²) in [6.07, 6.45) is 0.835. The van der Waals surface area contributed by atoms with Gasteiger partial charge >= 0.3 is 5.97 Å². The highest BCUT2D eigenvalue weighted by molar-refractivity contribution is 7.90. The Morgan fingerprint density at radius 3 is 2.47 bits per heavy atom. The van der Waals surface area contributed by atoms with E-state index in [1.54, 1.807) is 19.1 Å². The monoisotopic (exact) mass is 285 g/mol. The number of amides is 1. The molecule has 0 fully saturated rings. The minimum atomic E-state index is -3.22. The summed E-state index contributed by atoms with van der Waals surface area (Å²) in [6.45, 7) is 1.62. The van der Waals surface area contributed by atoms with Crippen molar-refractivity contribution in [3.63, 3.8) is 0 Å². The number of carbonyl (C=O) groups excluding carboxylic acids is 1. The number of hydrogen-bond acceptors (Lipinski definition) is 4. The molecular formula is C12H15NO5S. The van der Waals surface area contributed by atoms with Crippen LogP contribution in [0.1, 0.15) is 22.3 Å². The molecule has 6 nitrogen and oxygen atoms in total. The Morgan fingerprint density at radius 1 is 1.32 bits per heavy atom. The second-order valence-corrected chi connectivity index (χ2v) is 6.49. The van der Waals surface area contributed by atoms with Crippen molar-refractivity contribution < 1.29 is 23.1 Å². The standard InChI is InChI=1S/C12H15NO5S/c1-8-4-3-5-9(11(8)12(15)16)13-10(14)6-7-19(2,17)18/h3-5H,6-7H2,1-2H3,(H,13,14)(H,15,16). The highest BCUT2D eigenvalue weighted by atomic mass is 32.2. The first-order valence-electron chi connectivity index (χ1n) is 5.51. The van der Waals surface area contributed by atoms with Crippen molar-refractivity contribution in [3.8, 4) is 0 Å². The summed E-state index contributed by atoms with van der Waals surface area (Å²) >= 11 is 0. The van der Waals surface area contributed by atoms with E-state index < -0.39 is 21.7 Å². The molecular weight excluding hydrogens is 270 g/mol. The number of sulfone groups is 1. The highest BCUT2D eigenvalue weighted by Gasteiger charge is 2.15. The SMILES string of the molecule is Cc1cccc(NC(=O)CCS(C)(=O)=O)c1C(=O)O. The minimum Gasteiger partial charge on any atom is -0.478 e. The van der Waals surface area contributed by atoms with Gasteiger partial charge in [0.25, 0.3) is 0 Å². The molecule has 1 aromatic rings. The molecule has 0 aliphatic rings. The predicted octanol–water partition coefficient (Wildman–Crippen LogP) is 1.07. The molecule has 0 radical (unpaired) electrons. The second-order valence-electron chi connectivity index (χ2n) is 4.23. The maximum atomic E-state index is 11.6. The van der Waals surface area contributed by atoms with Gasteiger partial charge in [0, 0.05) is 12.7 Å². The van der Waals surface area contributed by atoms with Gasteiger partial charge in [0.1, 0.15) is 9.84 Å². The third-order valence-electron chi connectivity index (χ3n) is 2.46. The van der Waals surface area contributed by atoms with E-state index in [2.05, 4.69) is 5.32 Å². The van der Waals surface area contributed by atoms with E-state index in [0.29, 0.717) is 5.56 Å². The van der Waals surface area contributed by atoms with Crippen LogP contribution in [0.3, 0.4) is 0 Å². The zero-order valence-electron chi connectivity index (χ0n) is 10.6. The number of carboxylic acids is 1. The number of anilines is 1. The van der Waals surface area contributed by atoms with E-state index in [-0.39, 0.29) is 23.4 Å². The largest absolute Gasteiger partial charge is 0.478 e. The van der Waals surface area contributed by atoms with E-state index in [1.807, 2.05) is 0 Å². The van der Waals surface area contributed by atoms with Gasteiger partial charge in [0.15, 0.2) is 0 Å². The summed E-state index contributed by atoms with van der Waals surface area (Å²) in [4.78, 5) is 22.7. The maximum absolute atomic E-state index is 11.6. The Balaban J connectivity index is 2.86. The zero-order valence-corrected chi connectivity index (χ0v) is 11.5. The normalized spacial score (nSPS) is 11.1. The summed E-state index contributed by atoms with van der Waals surface area (Å²) < 4.78 is 21.9. The molecule has 0 spiro atoms. The molecule has 1 amide bonds. The van der Waals surface area contributed by atoms with Crippen LogP contribution in [-0.4, -0.2) is 37.4 Å². The van der Waals surface area contributed by atoms with Crippen LogP contribution in [0, 0.1) is 6.92 Å². The van der Waals surface area contributed by atoms with Crippen molar-refractivity contribution >= 4 is 27.4 Å². The fraction of sp³-hybridized carbons (Fsp3) is 0.333. The number of nitrogens with one attached hydrogen (secondary N) is 1. The number of aromatic carboxylic acids is 1. The summed E-state index contributed by atoms with van der Waals surface area (Å²) in [5.74, 6) is -1.94. The molecule has 0 aliphatic heterocycles. The van der Waals surface area contributed by atoms with Crippen LogP contribution < -0.4 is 5.32 Å². The molecule has 7 heteroatoms. The van der Waals surface area contributed by atoms with Crippen LogP contribution in [0.2, 0.25) is 0 Å². The molecule has 0 saturated carbocycles. The molecule has 104 valence electrons. The van der Waals surface area contributed by atoms with E-state index in [4.69, 9.17) is 5.11 Å². The number of carbonyl (C=O) groups is 2. The molecule has 19 heavy (non-hydrogen) atoms. The smallest absolute Gasteiger partial charge is 0.338 e. The van der Waals surface area contributed by atoms with Crippen molar-refractivity contribution in [2.45, 2.75) is 13.3 Å². The Morgan fingerprint density at radius 2 is 1.95 bits per heavy atom. The number of rotatable bonds is 5. The topological polar surface area (TPSA) is 101 Å². The Bertz CT molecular complexity index is 607. The van der Waals surface area contributed by atoms with Crippen LogP contribution in [0.25, 0.3) is 0 Å². The lowest BCUT2D eigenvalue weighted by Crippen LogP contribution is -2.18. The van der Waals surface area contributed by atoms with Crippen LogP contribution in [0.4, 0.5) is 5.69 Å². The average Bonchev–Trinajstić information content (AvgIpc) is 2.25. The van der Waals surface area contributed by atoms with Crippen molar-refractivity contribution in [2.75, 3.05) is 17.3 Å². The van der Waals surface area contributed by atoms with Gasteiger partial charge in [-0.3, -0.25) is 4.79 Å². The maximum Gasteiger partial charge on any atom is 0.338 e. The molecule has 0 aliphatic carbocycles. The van der Waals surface area contributed by atoms with Gasteiger partial charge in [0.05, 0.1) is 17.0 Å². The summed E-state index contributed by atoms with van der Waals surface area (Å²) in [6, 6.07) is 4.71. The first kappa shape index (κ1) is 15.2. The van der Waals surface area contributed by atoms with Gasteiger partial charge in [-0.15, -0.1) is 0 Å². The van der Waals surface area contributed by atoms with E-state index in [1.165, 1.54) is 6.07 Å². The van der Waals surface area contributed by atoms with E-state index >= 15 is 0 Å². The summed E-state index contributed by atoms with van der Waals surface area (Å²) in [5, 5.41) is 11.5. The molecule has 0 heterocycles. The summed E-state index contributed by atoms with van der Waals surface area (Å²) in [7, 11) is -3.22. The number of carboxylic acid groups (broad SMARTS) is 1. The van der Waals surface area contributed by atoms with Crippen molar-refractivity contribution in [2.24, 2.45) is 0 Å². The predicted molar refractivity (Wildman–Crippen MR) is 71.1 cm³/mol. The quantitative estimate of drug-likeness (QED) is 0.842. The molecule has 1 aromatic carbocycles. The van der Waals surface area contributed by atoms with E-state index in [0.717, 1.165) is 6.26 Å². The fourth-order valence-electron chi connectivity index (χ4n) is 1.55. The Labute approximate surface area is 111 Å². The van der Waals surface area contributed by atoms with Crippen molar-refractivity contribution in [1.82, 2.24) is 0 Å². The lowest BCUT2D eigenvalue weighted by Gasteiger charge is -2.10. The Kier molecular flexibility index (Phi) is 4.66. The molecule has 1 rings (SSSR count). The first-order chi connectivity index (χ1) is 8.70. The van der Waals surface area contributed by atoms with Crippen molar-refractivity contribution in [1.29, 1.82) is 0 Å². The lowest BCUT2D eigenvalue weighted by molar-refractivity contribution is -0.115. The van der Waals surface area contributed by atoms with Crippen LogP contribution in [0.15, 0.2) is 18.2 Å². The summed E-state index contributed by atoms with van der Waals surface area (Å²) in [5.41, 5.74) is 0.703. The molecule has 0 bridgehead atoms. The number of aryl methyl sites for hydroxylation is 1.